The molecule has 1 aliphatic carbocycles. The topological polar surface area (TPSA) is 85.6 Å². The van der Waals surface area contributed by atoms with Gasteiger partial charge in [-0.3, -0.25) is 4.79 Å². The summed E-state index contributed by atoms with van der Waals surface area (Å²) in [5.74, 6) is 0.472. The number of para-hydroxylation sites is 1. The van der Waals surface area contributed by atoms with Crippen LogP contribution in [0.1, 0.15) is 52.4 Å². The van der Waals surface area contributed by atoms with Crippen LogP contribution in [0.3, 0.4) is 0 Å². The first-order valence-electron chi connectivity index (χ1n) is 10.3. The molecule has 2 aromatic heterocycles. The molecule has 0 bridgehead atoms. The van der Waals surface area contributed by atoms with Crippen LogP contribution in [-0.2, 0) is 13.5 Å². The molecule has 0 saturated heterocycles. The number of hydrogen-bond acceptors (Lipinski definition) is 5. The number of benzene rings is 2. The average Bonchev–Trinajstić information content (AvgIpc) is 3.39. The van der Waals surface area contributed by atoms with Gasteiger partial charge in [0, 0.05) is 12.4 Å². The number of fused-ring (bicyclic) bond motifs is 2. The number of pyridine rings is 1. The minimum absolute atomic E-state index is 0.133. The van der Waals surface area contributed by atoms with Gasteiger partial charge in [-0.05, 0) is 59.0 Å². The van der Waals surface area contributed by atoms with Crippen LogP contribution in [-0.4, -0.2) is 31.1 Å². The predicted molar refractivity (Wildman–Crippen MR) is 119 cm³/mol. The third-order valence-electron chi connectivity index (χ3n) is 5.70. The molecule has 0 spiro atoms. The van der Waals surface area contributed by atoms with Crippen LogP contribution in [0.25, 0.3) is 22.6 Å². The van der Waals surface area contributed by atoms with Gasteiger partial charge in [-0.15, -0.1) is 5.10 Å². The van der Waals surface area contributed by atoms with E-state index in [1.807, 2.05) is 49.4 Å². The van der Waals surface area contributed by atoms with Gasteiger partial charge in [0.2, 0.25) is 0 Å². The number of nitrogens with zero attached hydrogens (tertiary/aromatic N) is 5. The molecule has 0 aliphatic heterocycles. The molecule has 31 heavy (non-hydrogen) atoms. The molecule has 7 heteroatoms. The molecule has 0 fully saturated rings. The Hall–Kier alpha value is -3.87. The van der Waals surface area contributed by atoms with Gasteiger partial charge in [0.05, 0.1) is 22.8 Å². The van der Waals surface area contributed by atoms with E-state index in [9.17, 15) is 4.79 Å². The number of aryl methyl sites for hydroxylation is 1. The summed E-state index contributed by atoms with van der Waals surface area (Å²) in [5, 5.41) is 15.5. The molecule has 0 saturated carbocycles. The van der Waals surface area contributed by atoms with Crippen molar-refractivity contribution in [1.29, 1.82) is 0 Å². The second kappa shape index (κ2) is 7.75. The molecule has 1 atom stereocenters. The van der Waals surface area contributed by atoms with Gasteiger partial charge in [0.25, 0.3) is 5.91 Å². The number of aromatic nitrogens is 5. The van der Waals surface area contributed by atoms with Crippen molar-refractivity contribution >= 4 is 28.5 Å². The van der Waals surface area contributed by atoms with E-state index in [2.05, 4.69) is 39.1 Å². The normalized spacial score (nSPS) is 15.2. The van der Waals surface area contributed by atoms with Crippen molar-refractivity contribution in [2.75, 3.05) is 0 Å². The lowest BCUT2D eigenvalue weighted by Gasteiger charge is -2.16. The van der Waals surface area contributed by atoms with Crippen LogP contribution in [0, 0.1) is 0 Å². The van der Waals surface area contributed by atoms with Gasteiger partial charge in [-0.1, -0.05) is 48.5 Å². The minimum atomic E-state index is -0.323. The van der Waals surface area contributed by atoms with Gasteiger partial charge < -0.3 is 5.32 Å². The molecular weight excluding hydrogens is 388 g/mol. The quantitative estimate of drug-likeness (QED) is 0.554. The first-order valence-corrected chi connectivity index (χ1v) is 10.3. The highest BCUT2D eigenvalue weighted by Crippen LogP contribution is 2.37. The molecule has 1 N–H and O–H groups in total. The van der Waals surface area contributed by atoms with E-state index in [1.54, 1.807) is 11.7 Å². The van der Waals surface area contributed by atoms with Crippen molar-refractivity contribution in [3.05, 3.63) is 82.8 Å². The molecule has 5 rings (SSSR count). The van der Waals surface area contributed by atoms with Crippen molar-refractivity contribution < 1.29 is 4.79 Å². The van der Waals surface area contributed by atoms with Crippen molar-refractivity contribution in [2.24, 2.45) is 7.05 Å². The van der Waals surface area contributed by atoms with Crippen LogP contribution in [0.4, 0.5) is 0 Å². The number of allylic oxidation sites excluding steroid dienone is 1. The lowest BCUT2D eigenvalue weighted by molar-refractivity contribution is 0.0938. The Morgan fingerprint density at radius 3 is 2.65 bits per heavy atom. The molecular formula is C24H22N6O. The largest absolute Gasteiger partial charge is 0.342 e. The Labute approximate surface area is 179 Å². The Bertz CT molecular complexity index is 1310. The first kappa shape index (κ1) is 19.1. The lowest BCUT2D eigenvalue weighted by atomic mass is 9.99. The fraction of sp³-hybridized carbons (Fsp3) is 0.208. The van der Waals surface area contributed by atoms with E-state index in [0.29, 0.717) is 11.4 Å². The number of rotatable bonds is 4. The number of carbonyl (C=O) groups is 1. The molecule has 4 aromatic rings. The fourth-order valence-electron chi connectivity index (χ4n) is 4.23. The zero-order valence-electron chi connectivity index (χ0n) is 17.4. The summed E-state index contributed by atoms with van der Waals surface area (Å²) in [7, 11) is 1.76. The van der Waals surface area contributed by atoms with E-state index in [4.69, 9.17) is 4.98 Å². The first-order chi connectivity index (χ1) is 15.1. The Morgan fingerprint density at radius 2 is 1.87 bits per heavy atom. The van der Waals surface area contributed by atoms with E-state index in [1.165, 1.54) is 0 Å². The summed E-state index contributed by atoms with van der Waals surface area (Å²) in [6.07, 6.45) is 3.81. The van der Waals surface area contributed by atoms with E-state index >= 15 is 0 Å². The highest BCUT2D eigenvalue weighted by molar-refractivity contribution is 6.09. The predicted octanol–water partition coefficient (Wildman–Crippen LogP) is 3.74. The van der Waals surface area contributed by atoms with Gasteiger partial charge in [0.15, 0.2) is 5.82 Å². The van der Waals surface area contributed by atoms with Crippen LogP contribution in [0.5, 0.6) is 0 Å². The number of carbonyl (C=O) groups excluding carboxylic acids is 1. The number of tetrazole rings is 1. The summed E-state index contributed by atoms with van der Waals surface area (Å²) >= 11 is 0. The van der Waals surface area contributed by atoms with Gasteiger partial charge in [-0.2, -0.15) is 0 Å². The third-order valence-corrected chi connectivity index (χ3v) is 5.70. The standard InChI is InChI=1S/C24H22N6O/c1-15(23-27-28-29-30(23)2)25-24(31)21-18-10-6-7-11-20(18)26-22-17(12-13-19(21)22)14-16-8-4-3-5-9-16/h3-11,14-15H,12-13H2,1-2H3,(H,25,31)/b17-14-. The smallest absolute Gasteiger partial charge is 0.252 e. The van der Waals surface area contributed by atoms with E-state index in [0.717, 1.165) is 46.1 Å². The SMILES string of the molecule is CC(NC(=O)c1c2c(nc3ccccc13)/C(=C\c1ccccc1)CC2)c1nnnn1C. The lowest BCUT2D eigenvalue weighted by Crippen LogP contribution is -2.29. The molecule has 7 nitrogen and oxygen atoms in total. The van der Waals surface area contributed by atoms with Gasteiger partial charge in [-0.25, -0.2) is 9.67 Å². The second-order valence-corrected chi connectivity index (χ2v) is 7.77. The van der Waals surface area contributed by atoms with Crippen LogP contribution < -0.4 is 5.32 Å². The maximum absolute atomic E-state index is 13.5. The summed E-state index contributed by atoms with van der Waals surface area (Å²) in [6, 6.07) is 17.7. The number of amides is 1. The van der Waals surface area contributed by atoms with Crippen molar-refractivity contribution in [1.82, 2.24) is 30.5 Å². The summed E-state index contributed by atoms with van der Waals surface area (Å²) in [5.41, 5.74) is 5.72. The zero-order valence-corrected chi connectivity index (χ0v) is 17.4. The van der Waals surface area contributed by atoms with Crippen LogP contribution in [0.2, 0.25) is 0 Å². The summed E-state index contributed by atoms with van der Waals surface area (Å²) in [6.45, 7) is 1.88. The number of hydrogen-bond donors (Lipinski definition) is 1. The van der Waals surface area contributed by atoms with E-state index < -0.39 is 0 Å². The van der Waals surface area contributed by atoms with Crippen LogP contribution in [0.15, 0.2) is 54.6 Å². The average molecular weight is 410 g/mol. The van der Waals surface area contributed by atoms with Gasteiger partial charge in [0.1, 0.15) is 0 Å². The summed E-state index contributed by atoms with van der Waals surface area (Å²) in [4.78, 5) is 18.4. The number of nitrogens with one attached hydrogen (secondary N) is 1. The Morgan fingerprint density at radius 1 is 1.10 bits per heavy atom. The van der Waals surface area contributed by atoms with Crippen molar-refractivity contribution in [2.45, 2.75) is 25.8 Å². The summed E-state index contributed by atoms with van der Waals surface area (Å²) < 4.78 is 1.57. The minimum Gasteiger partial charge on any atom is -0.342 e. The zero-order chi connectivity index (χ0) is 21.4. The molecule has 2 heterocycles. The second-order valence-electron chi connectivity index (χ2n) is 7.77. The maximum atomic E-state index is 13.5. The van der Waals surface area contributed by atoms with Gasteiger partial charge >= 0.3 is 0 Å². The molecule has 2 aromatic carbocycles. The third kappa shape index (κ3) is 3.48. The van der Waals surface area contributed by atoms with E-state index in [-0.39, 0.29) is 11.9 Å². The molecule has 1 aliphatic rings. The maximum Gasteiger partial charge on any atom is 0.252 e. The molecule has 1 amide bonds. The fourth-order valence-corrected chi connectivity index (χ4v) is 4.23. The Kier molecular flexibility index (Phi) is 4.78. The van der Waals surface area contributed by atoms with Crippen molar-refractivity contribution in [3.63, 3.8) is 0 Å². The van der Waals surface area contributed by atoms with Crippen molar-refractivity contribution in [3.8, 4) is 0 Å². The highest BCUT2D eigenvalue weighted by Gasteiger charge is 2.28. The highest BCUT2D eigenvalue weighted by atomic mass is 16.1. The molecule has 0 radical (unpaired) electrons. The van der Waals surface area contributed by atoms with Crippen LogP contribution >= 0.6 is 0 Å². The monoisotopic (exact) mass is 410 g/mol. The molecule has 1 unspecified atom stereocenters. The Balaban J connectivity index is 1.59. The molecule has 154 valence electrons.